The Morgan fingerprint density at radius 3 is 2.40 bits per heavy atom. The molecule has 2 aromatic carbocycles. The van der Waals surface area contributed by atoms with Crippen LogP contribution in [0.25, 0.3) is 0 Å². The summed E-state index contributed by atoms with van der Waals surface area (Å²) in [5.74, 6) is 0.766. The van der Waals surface area contributed by atoms with E-state index < -0.39 is 10.0 Å². The normalized spacial score (nSPS) is 17.3. The number of nitrogens with zero attached hydrogens (tertiary/aromatic N) is 2. The van der Waals surface area contributed by atoms with E-state index in [9.17, 15) is 8.42 Å². The van der Waals surface area contributed by atoms with Crippen LogP contribution in [-0.4, -0.2) is 38.1 Å². The Labute approximate surface area is 256 Å². The highest BCUT2D eigenvalue weighted by Gasteiger charge is 2.32. The minimum Gasteiger partial charge on any atom is -0.491 e. The topological polar surface area (TPSA) is 83.6 Å². The molecule has 0 saturated carbocycles. The third-order valence-corrected chi connectivity index (χ3v) is 10.3. The Morgan fingerprint density at radius 2 is 1.80 bits per heavy atom. The minimum absolute atomic E-state index is 0. The quantitative estimate of drug-likeness (QED) is 0.264. The molecule has 1 fully saturated rings. The van der Waals surface area contributed by atoms with Crippen LogP contribution in [0.3, 0.4) is 0 Å². The van der Waals surface area contributed by atoms with Gasteiger partial charge in [0.1, 0.15) is 5.75 Å². The number of rotatable bonds is 10. The van der Waals surface area contributed by atoms with E-state index in [0.29, 0.717) is 22.1 Å². The smallest absolute Gasteiger partial charge is 0.275 e. The summed E-state index contributed by atoms with van der Waals surface area (Å²) in [4.78, 5) is 4.37. The third-order valence-electron chi connectivity index (χ3n) is 6.66. The van der Waals surface area contributed by atoms with Crippen molar-refractivity contribution in [3.05, 3.63) is 70.4 Å². The number of piperidine rings is 1. The summed E-state index contributed by atoms with van der Waals surface area (Å²) in [6.45, 7) is 12.9. The molecular formula is C29H42Cl2N4O3S2. The van der Waals surface area contributed by atoms with Gasteiger partial charge in [0.15, 0.2) is 4.21 Å². The van der Waals surface area contributed by atoms with Gasteiger partial charge >= 0.3 is 0 Å². The largest absolute Gasteiger partial charge is 0.491 e. The predicted molar refractivity (Wildman–Crippen MR) is 170 cm³/mol. The van der Waals surface area contributed by atoms with Crippen LogP contribution in [0.4, 0.5) is 5.69 Å². The molecule has 11 heteroatoms. The lowest BCUT2D eigenvalue weighted by atomic mass is 9.92. The van der Waals surface area contributed by atoms with Crippen LogP contribution in [0, 0.1) is 13.8 Å². The van der Waals surface area contributed by atoms with Crippen LogP contribution < -0.4 is 19.7 Å². The number of thiazole rings is 1. The Kier molecular flexibility index (Phi) is 12.7. The highest BCUT2D eigenvalue weighted by molar-refractivity contribution is 7.94. The Hall–Kier alpha value is -1.88. The molecule has 4 rings (SSSR count). The number of aryl methyl sites for hydroxylation is 2. The summed E-state index contributed by atoms with van der Waals surface area (Å²) < 4.78 is 35.6. The third kappa shape index (κ3) is 7.89. The van der Waals surface area contributed by atoms with E-state index in [1.165, 1.54) is 21.2 Å². The van der Waals surface area contributed by atoms with E-state index in [0.717, 1.165) is 35.7 Å². The maximum absolute atomic E-state index is 13.8. The number of benzene rings is 2. The van der Waals surface area contributed by atoms with Gasteiger partial charge in [-0.1, -0.05) is 30.3 Å². The highest BCUT2D eigenvalue weighted by atomic mass is 35.5. The number of hydrogen-bond acceptors (Lipinski definition) is 7. The standard InChI is InChI=1S/C29H40N4O3S2.2ClH/c1-19(2)33(38(34,35)29-21(5)32-22(6)37-29)25-14-15-27(36-20(3)4)24(17-25)18-31-26-13-10-16-30-28(26)23-11-8-7-9-12-23;;/h7-9,11-12,14-15,17,19-20,26,28,30-31H,10,13,16,18H2,1-6H3;2*1H/t26-,28-;;/m0../s1. The Balaban J connectivity index is 0.00000280. The second-order valence-electron chi connectivity index (χ2n) is 10.4. The fraction of sp³-hybridized carbons (Fsp3) is 0.483. The Morgan fingerprint density at radius 1 is 1.10 bits per heavy atom. The number of sulfonamides is 1. The summed E-state index contributed by atoms with van der Waals surface area (Å²) in [5, 5.41) is 8.17. The second-order valence-corrected chi connectivity index (χ2v) is 13.6. The van der Waals surface area contributed by atoms with E-state index >= 15 is 0 Å². The van der Waals surface area contributed by atoms with E-state index in [4.69, 9.17) is 4.74 Å². The molecule has 1 saturated heterocycles. The van der Waals surface area contributed by atoms with Gasteiger partial charge in [-0.25, -0.2) is 13.4 Å². The van der Waals surface area contributed by atoms with Crippen LogP contribution in [0.5, 0.6) is 5.75 Å². The SMILES string of the molecule is Cc1nc(C)c(S(=O)(=O)N(c2ccc(OC(C)C)c(CN[C@H]3CCCN[C@H]3c3ccccc3)c2)C(C)C)s1.Cl.Cl. The van der Waals surface area contributed by atoms with Crippen molar-refractivity contribution in [2.24, 2.45) is 0 Å². The molecule has 2 atom stereocenters. The first-order valence-electron chi connectivity index (χ1n) is 13.4. The monoisotopic (exact) mass is 628 g/mol. The van der Waals surface area contributed by atoms with Crippen molar-refractivity contribution in [1.82, 2.24) is 15.6 Å². The minimum atomic E-state index is -3.78. The lowest BCUT2D eigenvalue weighted by Crippen LogP contribution is -2.45. The number of ether oxygens (including phenoxy) is 1. The maximum atomic E-state index is 13.8. The molecule has 1 aliphatic rings. The summed E-state index contributed by atoms with van der Waals surface area (Å²) >= 11 is 1.22. The molecule has 2 N–H and O–H groups in total. The zero-order chi connectivity index (χ0) is 27.4. The highest BCUT2D eigenvalue weighted by Crippen LogP contribution is 2.34. The van der Waals surface area contributed by atoms with Crippen molar-refractivity contribution in [2.75, 3.05) is 10.8 Å². The van der Waals surface area contributed by atoms with E-state index in [1.54, 1.807) is 6.92 Å². The molecule has 0 amide bonds. The van der Waals surface area contributed by atoms with Crippen LogP contribution >= 0.6 is 36.2 Å². The molecule has 222 valence electrons. The molecule has 0 unspecified atom stereocenters. The van der Waals surface area contributed by atoms with E-state index in [-0.39, 0.29) is 49.0 Å². The number of nitrogens with one attached hydrogen (secondary N) is 2. The van der Waals surface area contributed by atoms with Crippen molar-refractivity contribution in [2.45, 2.75) is 89.4 Å². The van der Waals surface area contributed by atoms with Gasteiger partial charge in [0.25, 0.3) is 10.0 Å². The molecule has 1 aliphatic heterocycles. The van der Waals surface area contributed by atoms with Crippen molar-refractivity contribution >= 4 is 51.9 Å². The second kappa shape index (κ2) is 14.8. The van der Waals surface area contributed by atoms with E-state index in [1.807, 2.05) is 58.9 Å². The van der Waals surface area contributed by atoms with Gasteiger partial charge in [-0.05, 0) is 84.7 Å². The molecule has 7 nitrogen and oxygen atoms in total. The first-order chi connectivity index (χ1) is 18.1. The molecule has 40 heavy (non-hydrogen) atoms. The molecule has 2 heterocycles. The van der Waals surface area contributed by atoms with Gasteiger partial charge in [-0.15, -0.1) is 36.2 Å². The van der Waals surface area contributed by atoms with Gasteiger partial charge in [-0.2, -0.15) is 0 Å². The summed E-state index contributed by atoms with van der Waals surface area (Å²) in [5.41, 5.74) is 3.37. The van der Waals surface area contributed by atoms with Crippen LogP contribution in [0.15, 0.2) is 52.7 Å². The van der Waals surface area contributed by atoms with Crippen molar-refractivity contribution in [3.8, 4) is 5.75 Å². The lowest BCUT2D eigenvalue weighted by molar-refractivity contribution is 0.238. The number of anilines is 1. The summed E-state index contributed by atoms with van der Waals surface area (Å²) in [6, 6.07) is 16.4. The molecule has 0 spiro atoms. The molecule has 3 aromatic rings. The first kappa shape index (κ1) is 34.3. The number of halogens is 2. The molecular weight excluding hydrogens is 587 g/mol. The average molecular weight is 630 g/mol. The van der Waals surface area contributed by atoms with Gasteiger partial charge in [0.2, 0.25) is 0 Å². The zero-order valence-electron chi connectivity index (χ0n) is 24.0. The van der Waals surface area contributed by atoms with Crippen LogP contribution in [0.2, 0.25) is 0 Å². The maximum Gasteiger partial charge on any atom is 0.275 e. The van der Waals surface area contributed by atoms with Gasteiger partial charge in [-0.3, -0.25) is 4.31 Å². The summed E-state index contributed by atoms with van der Waals surface area (Å²) in [7, 11) is -3.78. The molecule has 0 aliphatic carbocycles. The van der Waals surface area contributed by atoms with Crippen molar-refractivity contribution < 1.29 is 13.2 Å². The zero-order valence-corrected chi connectivity index (χ0v) is 27.3. The number of hydrogen-bond donors (Lipinski definition) is 2. The van der Waals surface area contributed by atoms with Crippen LogP contribution in [0.1, 0.15) is 68.4 Å². The average Bonchev–Trinajstić information content (AvgIpc) is 3.22. The van der Waals surface area contributed by atoms with Crippen LogP contribution in [-0.2, 0) is 16.6 Å². The van der Waals surface area contributed by atoms with Gasteiger partial charge < -0.3 is 15.4 Å². The predicted octanol–water partition coefficient (Wildman–Crippen LogP) is 6.58. The van der Waals surface area contributed by atoms with Crippen molar-refractivity contribution in [3.63, 3.8) is 0 Å². The molecule has 1 aromatic heterocycles. The molecule has 0 radical (unpaired) electrons. The fourth-order valence-electron chi connectivity index (χ4n) is 5.13. The fourth-order valence-corrected chi connectivity index (χ4v) is 8.34. The van der Waals surface area contributed by atoms with Gasteiger partial charge in [0, 0.05) is 30.2 Å². The lowest BCUT2D eigenvalue weighted by Gasteiger charge is -2.34. The van der Waals surface area contributed by atoms with Crippen molar-refractivity contribution in [1.29, 1.82) is 0 Å². The Bertz CT molecular complexity index is 1330. The van der Waals surface area contributed by atoms with E-state index in [2.05, 4.69) is 39.9 Å². The summed E-state index contributed by atoms with van der Waals surface area (Å²) in [6.07, 6.45) is 2.16. The first-order valence-corrected chi connectivity index (χ1v) is 15.6. The molecule has 0 bridgehead atoms. The number of aromatic nitrogens is 1. The van der Waals surface area contributed by atoms with Gasteiger partial charge in [0.05, 0.1) is 22.5 Å².